The molecule has 4 nitrogen and oxygen atoms in total. The predicted molar refractivity (Wildman–Crippen MR) is 569 cm³/mol. The molecule has 626 valence electrons. The molecule has 0 N–H and O–H groups in total. The van der Waals surface area contributed by atoms with Crippen molar-refractivity contribution in [2.75, 3.05) is 9.80 Å². The normalized spacial score (nSPS) is 11.6. The van der Waals surface area contributed by atoms with Crippen molar-refractivity contribution < 1.29 is 0 Å². The van der Waals surface area contributed by atoms with Crippen LogP contribution in [0.25, 0.3) is 209 Å². The minimum Gasteiger partial charge on any atom is -0.310 e. The van der Waals surface area contributed by atoms with Crippen molar-refractivity contribution in [2.24, 2.45) is 0 Å². The van der Waals surface area contributed by atoms with Crippen LogP contribution in [0.4, 0.5) is 34.1 Å². The average molecular weight is 1700 g/mol. The van der Waals surface area contributed by atoms with Crippen LogP contribution in [0.3, 0.4) is 0 Å². The molecule has 0 fully saturated rings. The zero-order valence-electron chi connectivity index (χ0n) is 73.4. The highest BCUT2D eigenvalue weighted by Crippen LogP contribution is 2.51. The first kappa shape index (κ1) is 78.5. The van der Waals surface area contributed by atoms with E-state index in [2.05, 4.69) is 541 Å². The first-order valence-corrected chi connectivity index (χ1v) is 46.2. The van der Waals surface area contributed by atoms with Crippen LogP contribution in [-0.2, 0) is 0 Å². The first-order chi connectivity index (χ1) is 66.4. The summed E-state index contributed by atoms with van der Waals surface area (Å²) < 4.78 is 4.97. The molecule has 134 heavy (non-hydrogen) atoms. The van der Waals surface area contributed by atoms with Crippen LogP contribution in [0.2, 0.25) is 0 Å². The SMILES string of the molecule is c1ccc(-c2ccc(-c3ccc(N(c4ccc(-c5ccc(-c6cccc7ccccc67)cc5)cc4)c4cccc(-c5c6cc(-c7cccc(-n8c9ccccc9c9c(-c%10cccc(N(c%11ccc(-c%12ccc(-c%13cccc%14ccccc%13%14)cc%12)cc%11)c%11ccccc%11-c%11ccccc%11)c%10)c%10ccccc%10cc98)c7)ccc6cc6c5c5ccccc5n6-c5ccccc5)c4)cc3)cc2)cc1. The summed E-state index contributed by atoms with van der Waals surface area (Å²) in [7, 11) is 0. The molecule has 0 aliphatic rings. The number of aromatic nitrogens is 2. The van der Waals surface area contributed by atoms with Crippen molar-refractivity contribution >= 4 is 121 Å². The maximum atomic E-state index is 2.51. The van der Waals surface area contributed by atoms with Gasteiger partial charge in [-0.2, -0.15) is 0 Å². The molecule has 0 saturated heterocycles. The third-order valence-electron chi connectivity index (χ3n) is 27.3. The Morgan fingerprint density at radius 3 is 0.978 bits per heavy atom. The summed E-state index contributed by atoms with van der Waals surface area (Å²) in [6.45, 7) is 0. The predicted octanol–water partition coefficient (Wildman–Crippen LogP) is 36.1. The Balaban J connectivity index is 0.616. The van der Waals surface area contributed by atoms with Gasteiger partial charge in [0.2, 0.25) is 0 Å². The van der Waals surface area contributed by atoms with E-state index in [9.17, 15) is 0 Å². The number of benzene rings is 23. The van der Waals surface area contributed by atoms with Gasteiger partial charge in [-0.05, 0) is 270 Å². The van der Waals surface area contributed by atoms with Gasteiger partial charge in [0.05, 0.1) is 27.8 Å². The molecule has 25 rings (SSSR count). The van der Waals surface area contributed by atoms with Crippen LogP contribution in [0, 0.1) is 0 Å². The molecule has 23 aromatic carbocycles. The summed E-state index contributed by atoms with van der Waals surface area (Å²) in [5, 5.41) is 14.4. The van der Waals surface area contributed by atoms with E-state index in [1.165, 1.54) is 93.0 Å². The minimum atomic E-state index is 1.04. The van der Waals surface area contributed by atoms with Gasteiger partial charge in [0.1, 0.15) is 0 Å². The van der Waals surface area contributed by atoms with Crippen molar-refractivity contribution in [2.45, 2.75) is 0 Å². The smallest absolute Gasteiger partial charge is 0.0553 e. The molecule has 0 radical (unpaired) electrons. The number of rotatable bonds is 18. The minimum absolute atomic E-state index is 1.04. The second kappa shape index (κ2) is 33.4. The summed E-state index contributed by atoms with van der Waals surface area (Å²) in [6, 6.07) is 193. The number of anilines is 6. The summed E-state index contributed by atoms with van der Waals surface area (Å²) >= 11 is 0. The van der Waals surface area contributed by atoms with E-state index in [1.54, 1.807) is 0 Å². The van der Waals surface area contributed by atoms with Crippen LogP contribution in [-0.4, -0.2) is 9.13 Å². The largest absolute Gasteiger partial charge is 0.310 e. The number of fused-ring (bicyclic) bond motifs is 10. The van der Waals surface area contributed by atoms with Gasteiger partial charge in [-0.3, -0.25) is 0 Å². The van der Waals surface area contributed by atoms with Crippen molar-refractivity contribution in [3.8, 4) is 123 Å². The second-order valence-electron chi connectivity index (χ2n) is 35.0. The molecule has 0 spiro atoms. The third kappa shape index (κ3) is 14.0. The summed E-state index contributed by atoms with van der Waals surface area (Å²) in [5.41, 5.74) is 36.3. The molecule has 2 aromatic heterocycles. The quantitative estimate of drug-likeness (QED) is 0.0851. The molecule has 4 heteroatoms. The lowest BCUT2D eigenvalue weighted by Gasteiger charge is -2.28. The molecule has 0 amide bonds. The fourth-order valence-electron chi connectivity index (χ4n) is 20.9. The van der Waals surface area contributed by atoms with Gasteiger partial charge < -0.3 is 18.9 Å². The number of hydrogen-bond acceptors (Lipinski definition) is 2. The van der Waals surface area contributed by atoms with Crippen LogP contribution in [0.1, 0.15) is 0 Å². The first-order valence-electron chi connectivity index (χ1n) is 46.2. The zero-order chi connectivity index (χ0) is 88.5. The van der Waals surface area contributed by atoms with E-state index in [-0.39, 0.29) is 0 Å². The standard InChI is InChI=1S/C130H86N4/c1-4-27-87(28-5-1)88-55-57-89(58-56-88)92-69-75-107(76-70-92)131(108-77-71-93(72-78-108)90-59-63-98(64-60-90)115-50-25-34-95-31-10-13-44-113(95)115)110-41-23-38-105(82-110)128-121-84-101(67-68-103(121)86-125-130(128)119-48-17-20-53-123(119)133(125)106-39-8-3-9-40-106)100-36-22-43-112(81-100)134-124-54-21-18-49-120(124)129-126(134)85-102-33-12-15-47-118(102)127(129)104-37-24-42-111(83-104)132(122-52-19-16-46-117(122)97-29-6-2-7-30-97)109-79-73-94(74-80-109)91-61-65-99(66-62-91)116-51-26-35-96-32-11-14-45-114(96)116/h1-86H. The maximum Gasteiger partial charge on any atom is 0.0553 e. The fourth-order valence-corrected chi connectivity index (χ4v) is 20.9. The van der Waals surface area contributed by atoms with Gasteiger partial charge in [-0.1, -0.05) is 400 Å². The maximum absolute atomic E-state index is 2.51. The molecule has 0 aliphatic heterocycles. The molecule has 2 heterocycles. The van der Waals surface area contributed by atoms with E-state index >= 15 is 0 Å². The highest BCUT2D eigenvalue weighted by atomic mass is 15.1. The van der Waals surface area contributed by atoms with E-state index in [4.69, 9.17) is 0 Å². The summed E-state index contributed by atoms with van der Waals surface area (Å²) in [5.74, 6) is 0. The Kier molecular flexibility index (Phi) is 19.6. The monoisotopic (exact) mass is 1700 g/mol. The van der Waals surface area contributed by atoms with Crippen LogP contribution >= 0.6 is 0 Å². The van der Waals surface area contributed by atoms with Gasteiger partial charge in [0.15, 0.2) is 0 Å². The third-order valence-corrected chi connectivity index (χ3v) is 27.3. The van der Waals surface area contributed by atoms with Gasteiger partial charge >= 0.3 is 0 Å². The Morgan fingerprint density at radius 2 is 0.455 bits per heavy atom. The highest BCUT2D eigenvalue weighted by Gasteiger charge is 2.27. The zero-order valence-corrected chi connectivity index (χ0v) is 73.4. The van der Waals surface area contributed by atoms with Crippen LogP contribution < -0.4 is 9.80 Å². The lowest BCUT2D eigenvalue weighted by atomic mass is 9.90. The molecular weight excluding hydrogens is 1620 g/mol. The van der Waals surface area contributed by atoms with Gasteiger partial charge in [0, 0.05) is 66.9 Å². The molecule has 0 bridgehead atoms. The molecular formula is C130H86N4. The number of nitrogens with zero attached hydrogens (tertiary/aromatic N) is 4. The van der Waals surface area contributed by atoms with Crippen LogP contribution in [0.15, 0.2) is 522 Å². The van der Waals surface area contributed by atoms with Crippen LogP contribution in [0.5, 0.6) is 0 Å². The molecule has 25 aromatic rings. The molecule has 0 unspecified atom stereocenters. The molecule has 0 saturated carbocycles. The number of hydrogen-bond donors (Lipinski definition) is 0. The highest BCUT2D eigenvalue weighted by molar-refractivity contribution is 6.25. The van der Waals surface area contributed by atoms with E-state index in [1.807, 2.05) is 0 Å². The Bertz CT molecular complexity index is 8790. The number of para-hydroxylation sites is 4. The lowest BCUT2D eigenvalue weighted by Crippen LogP contribution is -2.11. The average Bonchev–Trinajstić information content (AvgIpc) is 1.55. The second-order valence-corrected chi connectivity index (χ2v) is 35.0. The fraction of sp³-hybridized carbons (Fsp3) is 0. The lowest BCUT2D eigenvalue weighted by molar-refractivity contribution is 1.18. The van der Waals surface area contributed by atoms with E-state index in [0.717, 1.165) is 150 Å². The van der Waals surface area contributed by atoms with Gasteiger partial charge in [-0.25, -0.2) is 0 Å². The van der Waals surface area contributed by atoms with Crippen molar-refractivity contribution in [3.63, 3.8) is 0 Å². The van der Waals surface area contributed by atoms with E-state index in [0.29, 0.717) is 0 Å². The van der Waals surface area contributed by atoms with Gasteiger partial charge in [-0.15, -0.1) is 0 Å². The summed E-state index contributed by atoms with van der Waals surface area (Å²) in [4.78, 5) is 4.88. The van der Waals surface area contributed by atoms with E-state index < -0.39 is 0 Å². The van der Waals surface area contributed by atoms with Crippen molar-refractivity contribution in [1.29, 1.82) is 0 Å². The summed E-state index contributed by atoms with van der Waals surface area (Å²) in [6.07, 6.45) is 0. The van der Waals surface area contributed by atoms with Gasteiger partial charge in [0.25, 0.3) is 0 Å². The molecule has 0 aliphatic carbocycles. The van der Waals surface area contributed by atoms with Crippen molar-refractivity contribution in [3.05, 3.63) is 522 Å². The Hall–Kier alpha value is -17.7. The van der Waals surface area contributed by atoms with Crippen molar-refractivity contribution in [1.82, 2.24) is 9.13 Å². The topological polar surface area (TPSA) is 16.3 Å². The molecule has 0 atom stereocenters. The Morgan fingerprint density at radius 1 is 0.142 bits per heavy atom. The Labute approximate surface area is 778 Å².